The van der Waals surface area contributed by atoms with E-state index in [9.17, 15) is 9.90 Å². The van der Waals surface area contributed by atoms with Crippen molar-refractivity contribution in [2.45, 2.75) is 6.92 Å². The monoisotopic (exact) mass is 286 g/mol. The van der Waals surface area contributed by atoms with Crippen LogP contribution in [0.25, 0.3) is 6.08 Å². The third kappa shape index (κ3) is 4.53. The smallest absolute Gasteiger partial charge is 0.186 e. The summed E-state index contributed by atoms with van der Waals surface area (Å²) >= 11 is 4.63. The summed E-state index contributed by atoms with van der Waals surface area (Å²) in [5.74, 6) is 0.884. The predicted molar refractivity (Wildman–Crippen MR) is 68.0 cm³/mol. The maximum Gasteiger partial charge on any atom is 0.186 e. The van der Waals surface area contributed by atoms with Gasteiger partial charge in [-0.1, -0.05) is 39.8 Å². The van der Waals surface area contributed by atoms with E-state index in [1.807, 2.05) is 12.2 Å². The van der Waals surface area contributed by atoms with Gasteiger partial charge in [0.25, 0.3) is 0 Å². The Morgan fingerprint density at radius 2 is 2.33 bits per heavy atom. The highest BCUT2D eigenvalue weighted by atomic mass is 79.9. The molecule has 0 bridgehead atoms. The van der Waals surface area contributed by atoms with Crippen LogP contribution in [0.5, 0.6) is 5.75 Å². The predicted octanol–water partition coefficient (Wildman–Crippen LogP) is 3.45. The molecule has 0 amide bonds. The van der Waals surface area contributed by atoms with Crippen LogP contribution < -0.4 is 0 Å². The first-order valence-corrected chi connectivity index (χ1v) is 6.16. The van der Waals surface area contributed by atoms with Crippen molar-refractivity contribution in [1.82, 2.24) is 0 Å². The Labute approximate surface area is 102 Å². The van der Waals surface area contributed by atoms with Crippen molar-refractivity contribution in [2.24, 2.45) is 0 Å². The van der Waals surface area contributed by atoms with Crippen molar-refractivity contribution in [2.75, 3.05) is 5.75 Å². The normalized spacial score (nSPS) is 10.8. The molecule has 0 saturated heterocycles. The summed E-state index contributed by atoms with van der Waals surface area (Å²) in [6, 6.07) is 5.07. The van der Waals surface area contributed by atoms with Crippen molar-refractivity contribution < 1.29 is 9.90 Å². The van der Waals surface area contributed by atoms with Gasteiger partial charge in [0.2, 0.25) is 0 Å². The standard InChI is InChI=1S/C11H11BrO2S/c1-8(13)15-6-2-3-9-7-10(14)4-5-11(9)12/h2-5,7,14H,6H2,1H3. The van der Waals surface area contributed by atoms with Crippen molar-refractivity contribution in [3.8, 4) is 5.75 Å². The fourth-order valence-electron chi connectivity index (χ4n) is 0.999. The largest absolute Gasteiger partial charge is 0.508 e. The minimum Gasteiger partial charge on any atom is -0.508 e. The van der Waals surface area contributed by atoms with Gasteiger partial charge in [0.15, 0.2) is 5.12 Å². The molecule has 0 aliphatic rings. The number of thioether (sulfide) groups is 1. The van der Waals surface area contributed by atoms with E-state index in [2.05, 4.69) is 15.9 Å². The van der Waals surface area contributed by atoms with Gasteiger partial charge in [0.05, 0.1) is 0 Å². The Hall–Kier alpha value is -0.740. The summed E-state index contributed by atoms with van der Waals surface area (Å²) in [6.45, 7) is 1.54. The van der Waals surface area contributed by atoms with Crippen LogP contribution in [0.2, 0.25) is 0 Å². The number of aromatic hydroxyl groups is 1. The summed E-state index contributed by atoms with van der Waals surface area (Å²) in [4.78, 5) is 10.7. The average Bonchev–Trinajstić information content (AvgIpc) is 2.17. The first kappa shape index (κ1) is 12.3. The van der Waals surface area contributed by atoms with Crippen LogP contribution in [-0.4, -0.2) is 16.0 Å². The zero-order valence-corrected chi connectivity index (χ0v) is 10.6. The Morgan fingerprint density at radius 1 is 1.60 bits per heavy atom. The SMILES string of the molecule is CC(=O)SCC=Cc1cc(O)ccc1Br. The number of hydrogen-bond donors (Lipinski definition) is 1. The lowest BCUT2D eigenvalue weighted by atomic mass is 10.2. The second kappa shape index (κ2) is 5.98. The third-order valence-electron chi connectivity index (χ3n) is 1.66. The van der Waals surface area contributed by atoms with Crippen LogP contribution in [-0.2, 0) is 4.79 Å². The molecule has 15 heavy (non-hydrogen) atoms. The molecule has 1 N–H and O–H groups in total. The summed E-state index contributed by atoms with van der Waals surface area (Å²) in [7, 11) is 0. The van der Waals surface area contributed by atoms with Gasteiger partial charge in [0, 0.05) is 17.1 Å². The Balaban J connectivity index is 2.63. The topological polar surface area (TPSA) is 37.3 Å². The highest BCUT2D eigenvalue weighted by molar-refractivity contribution is 9.10. The molecular formula is C11H11BrO2S. The van der Waals surface area contributed by atoms with E-state index in [4.69, 9.17) is 0 Å². The minimum atomic E-state index is 0.106. The van der Waals surface area contributed by atoms with Crippen molar-refractivity contribution >= 4 is 38.9 Å². The molecule has 0 spiro atoms. The lowest BCUT2D eigenvalue weighted by molar-refractivity contribution is -0.109. The number of benzene rings is 1. The van der Waals surface area contributed by atoms with Crippen molar-refractivity contribution in [3.05, 3.63) is 34.3 Å². The summed E-state index contributed by atoms with van der Waals surface area (Å²) < 4.78 is 0.921. The molecule has 0 unspecified atom stereocenters. The third-order valence-corrected chi connectivity index (χ3v) is 3.15. The van der Waals surface area contributed by atoms with E-state index < -0.39 is 0 Å². The fourth-order valence-corrected chi connectivity index (χ4v) is 1.81. The molecule has 4 heteroatoms. The Morgan fingerprint density at radius 3 is 3.00 bits per heavy atom. The highest BCUT2D eigenvalue weighted by Gasteiger charge is 1.97. The molecule has 2 nitrogen and oxygen atoms in total. The maximum absolute atomic E-state index is 10.7. The van der Waals surface area contributed by atoms with Crippen LogP contribution in [0.4, 0.5) is 0 Å². The van der Waals surface area contributed by atoms with Crippen LogP contribution in [0, 0.1) is 0 Å². The number of phenolic OH excluding ortho intramolecular Hbond substituents is 1. The molecule has 0 fully saturated rings. The summed E-state index contributed by atoms with van der Waals surface area (Å²) in [5.41, 5.74) is 0.902. The molecule has 0 aliphatic heterocycles. The molecular weight excluding hydrogens is 276 g/mol. The van der Waals surface area contributed by atoms with Crippen molar-refractivity contribution in [3.63, 3.8) is 0 Å². The number of carbonyl (C=O) groups excluding carboxylic acids is 1. The minimum absolute atomic E-state index is 0.106. The van der Waals surface area contributed by atoms with Gasteiger partial charge in [-0.15, -0.1) is 0 Å². The van der Waals surface area contributed by atoms with Gasteiger partial charge in [-0.25, -0.2) is 0 Å². The zero-order valence-electron chi connectivity index (χ0n) is 8.24. The van der Waals surface area contributed by atoms with E-state index >= 15 is 0 Å². The first-order valence-electron chi connectivity index (χ1n) is 4.38. The molecule has 0 aromatic heterocycles. The quantitative estimate of drug-likeness (QED) is 0.925. The second-order valence-electron chi connectivity index (χ2n) is 2.91. The average molecular weight is 287 g/mol. The van der Waals surface area contributed by atoms with Crippen LogP contribution in [0.3, 0.4) is 0 Å². The van der Waals surface area contributed by atoms with Gasteiger partial charge in [0.1, 0.15) is 5.75 Å². The van der Waals surface area contributed by atoms with Gasteiger partial charge in [-0.05, 0) is 23.8 Å². The number of carbonyl (C=O) groups is 1. The molecule has 0 radical (unpaired) electrons. The van der Waals surface area contributed by atoms with Gasteiger partial charge < -0.3 is 5.11 Å². The van der Waals surface area contributed by atoms with Gasteiger partial charge in [-0.2, -0.15) is 0 Å². The van der Waals surface area contributed by atoms with E-state index in [-0.39, 0.29) is 10.9 Å². The number of halogens is 1. The highest BCUT2D eigenvalue weighted by Crippen LogP contribution is 2.22. The van der Waals surface area contributed by atoms with Gasteiger partial charge >= 0.3 is 0 Å². The summed E-state index contributed by atoms with van der Waals surface area (Å²) in [6.07, 6.45) is 3.77. The number of hydrogen-bond acceptors (Lipinski definition) is 3. The number of phenols is 1. The number of rotatable bonds is 3. The zero-order chi connectivity index (χ0) is 11.3. The van der Waals surface area contributed by atoms with E-state index in [1.165, 1.54) is 11.8 Å². The molecule has 0 aliphatic carbocycles. The Kier molecular flexibility index (Phi) is 4.91. The van der Waals surface area contributed by atoms with E-state index in [0.717, 1.165) is 10.0 Å². The van der Waals surface area contributed by atoms with Crippen LogP contribution in [0.15, 0.2) is 28.7 Å². The molecule has 0 heterocycles. The van der Waals surface area contributed by atoms with Crippen LogP contribution in [0.1, 0.15) is 12.5 Å². The molecule has 1 aromatic rings. The molecule has 0 atom stereocenters. The maximum atomic E-state index is 10.7. The van der Waals surface area contributed by atoms with E-state index in [1.54, 1.807) is 25.1 Å². The van der Waals surface area contributed by atoms with E-state index in [0.29, 0.717) is 5.75 Å². The first-order chi connectivity index (χ1) is 7.09. The molecule has 1 rings (SSSR count). The van der Waals surface area contributed by atoms with Gasteiger partial charge in [-0.3, -0.25) is 4.79 Å². The van der Waals surface area contributed by atoms with Crippen molar-refractivity contribution in [1.29, 1.82) is 0 Å². The molecule has 0 saturated carbocycles. The second-order valence-corrected chi connectivity index (χ2v) is 4.96. The van der Waals surface area contributed by atoms with Crippen LogP contribution >= 0.6 is 27.7 Å². The lowest BCUT2D eigenvalue weighted by Gasteiger charge is -1.99. The Bertz CT molecular complexity index is 388. The fraction of sp³-hybridized carbons (Fsp3) is 0.182. The molecule has 1 aromatic carbocycles. The lowest BCUT2D eigenvalue weighted by Crippen LogP contribution is -1.82. The summed E-state index contributed by atoms with van der Waals surface area (Å²) in [5, 5.41) is 9.37. The molecule has 80 valence electrons.